The molecular weight excluding hydrogens is 540 g/mol. The fourth-order valence-electron chi connectivity index (χ4n) is 5.99. The van der Waals surface area contributed by atoms with Gasteiger partial charge in [-0.1, -0.05) is 61.4 Å². The number of esters is 1. The number of ether oxygens (including phenoxy) is 1. The number of ketones is 1. The summed E-state index contributed by atoms with van der Waals surface area (Å²) < 4.78 is 9.38. The van der Waals surface area contributed by atoms with Crippen molar-refractivity contribution in [2.24, 2.45) is 5.92 Å². The van der Waals surface area contributed by atoms with E-state index in [4.69, 9.17) is 4.74 Å². The van der Waals surface area contributed by atoms with Crippen LogP contribution in [0.25, 0.3) is 22.3 Å². The van der Waals surface area contributed by atoms with Crippen LogP contribution in [-0.2, 0) is 16.3 Å². The van der Waals surface area contributed by atoms with E-state index in [1.54, 1.807) is 48.0 Å². The second-order valence-corrected chi connectivity index (χ2v) is 11.1. The minimum atomic E-state index is -0.567. The van der Waals surface area contributed by atoms with Gasteiger partial charge in [-0.15, -0.1) is 0 Å². The van der Waals surface area contributed by atoms with E-state index in [2.05, 4.69) is 21.1 Å². The number of aromatic nitrogens is 5. The first-order valence-electron chi connectivity index (χ1n) is 14.6. The first-order chi connectivity index (χ1) is 21.0. The van der Waals surface area contributed by atoms with Crippen LogP contribution in [0.5, 0.6) is 0 Å². The molecule has 216 valence electrons. The zero-order valence-corrected chi connectivity index (χ0v) is 24.0. The predicted octanol–water partition coefficient (Wildman–Crippen LogP) is 6.48. The third-order valence-corrected chi connectivity index (χ3v) is 8.40. The zero-order valence-electron chi connectivity index (χ0n) is 24.0. The molecule has 0 spiro atoms. The van der Waals surface area contributed by atoms with Crippen molar-refractivity contribution in [3.05, 3.63) is 102 Å². The zero-order chi connectivity index (χ0) is 29.8. The molecule has 0 N–H and O–H groups in total. The number of fused-ring (bicyclic) bond motifs is 1. The monoisotopic (exact) mass is 572 g/mol. The SMILES string of the molecule is CC(C(=O)OCn1ccc2c(-c3cnn([C@H](CC#N)C4CCCC4)c3)ncnc21)c1cccc(C(=O)c2ccccc2)c1. The summed E-state index contributed by atoms with van der Waals surface area (Å²) in [7, 11) is 0. The van der Waals surface area contributed by atoms with Crippen molar-refractivity contribution in [1.82, 2.24) is 24.3 Å². The van der Waals surface area contributed by atoms with E-state index >= 15 is 0 Å². The number of rotatable bonds is 10. The van der Waals surface area contributed by atoms with Crippen molar-refractivity contribution in [3.8, 4) is 17.3 Å². The fourth-order valence-corrected chi connectivity index (χ4v) is 5.99. The average Bonchev–Trinajstić information content (AvgIpc) is 3.84. The highest BCUT2D eigenvalue weighted by atomic mass is 16.5. The topological polar surface area (TPSA) is 116 Å². The van der Waals surface area contributed by atoms with Gasteiger partial charge in [-0.3, -0.25) is 18.8 Å². The molecule has 1 aliphatic carbocycles. The van der Waals surface area contributed by atoms with Crippen LogP contribution in [0.3, 0.4) is 0 Å². The van der Waals surface area contributed by atoms with E-state index in [0.29, 0.717) is 34.7 Å². The molecule has 0 amide bonds. The molecule has 5 aromatic rings. The minimum Gasteiger partial charge on any atom is -0.443 e. The number of nitriles is 1. The first kappa shape index (κ1) is 28.0. The van der Waals surface area contributed by atoms with Crippen LogP contribution in [0.2, 0.25) is 0 Å². The highest BCUT2D eigenvalue weighted by Crippen LogP contribution is 2.37. The number of carbonyl (C=O) groups excluding carboxylic acids is 2. The first-order valence-corrected chi connectivity index (χ1v) is 14.6. The molecule has 1 aliphatic rings. The van der Waals surface area contributed by atoms with E-state index < -0.39 is 11.9 Å². The Morgan fingerprint density at radius 1 is 1.05 bits per heavy atom. The van der Waals surface area contributed by atoms with Crippen LogP contribution in [0, 0.1) is 17.2 Å². The van der Waals surface area contributed by atoms with Crippen LogP contribution in [-0.4, -0.2) is 36.1 Å². The number of hydrogen-bond acceptors (Lipinski definition) is 7. The van der Waals surface area contributed by atoms with Crippen molar-refractivity contribution in [2.75, 3.05) is 0 Å². The molecule has 6 rings (SSSR count). The molecule has 2 atom stereocenters. The third-order valence-electron chi connectivity index (χ3n) is 8.40. The molecule has 0 radical (unpaired) electrons. The highest BCUT2D eigenvalue weighted by Gasteiger charge is 2.27. The van der Waals surface area contributed by atoms with Gasteiger partial charge in [0.25, 0.3) is 0 Å². The number of benzene rings is 2. The Hall–Kier alpha value is -5.10. The van der Waals surface area contributed by atoms with Crippen molar-refractivity contribution in [2.45, 2.75) is 57.7 Å². The van der Waals surface area contributed by atoms with Gasteiger partial charge in [-0.05, 0) is 43.4 Å². The van der Waals surface area contributed by atoms with Gasteiger partial charge in [-0.25, -0.2) is 9.97 Å². The summed E-state index contributed by atoms with van der Waals surface area (Å²) >= 11 is 0. The molecule has 9 nitrogen and oxygen atoms in total. The number of carbonyl (C=O) groups is 2. The maximum atomic E-state index is 13.1. The molecule has 1 saturated carbocycles. The van der Waals surface area contributed by atoms with Crippen LogP contribution >= 0.6 is 0 Å². The normalized spacial score (nSPS) is 14.8. The molecule has 2 aromatic carbocycles. The van der Waals surface area contributed by atoms with Crippen LogP contribution < -0.4 is 0 Å². The van der Waals surface area contributed by atoms with Gasteiger partial charge in [0.1, 0.15) is 12.0 Å². The Bertz CT molecular complexity index is 1800. The summed E-state index contributed by atoms with van der Waals surface area (Å²) in [4.78, 5) is 34.9. The lowest BCUT2D eigenvalue weighted by Crippen LogP contribution is -2.17. The maximum Gasteiger partial charge on any atom is 0.314 e. The summed E-state index contributed by atoms with van der Waals surface area (Å²) in [5, 5.41) is 14.9. The Kier molecular flexibility index (Phi) is 8.09. The third kappa shape index (κ3) is 5.82. The number of nitrogens with zero attached hydrogens (tertiary/aromatic N) is 6. The number of hydrogen-bond donors (Lipinski definition) is 0. The van der Waals surface area contributed by atoms with Gasteiger partial charge in [0.15, 0.2) is 12.5 Å². The molecule has 0 saturated heterocycles. The van der Waals surface area contributed by atoms with E-state index in [1.807, 2.05) is 47.4 Å². The predicted molar refractivity (Wildman–Crippen MR) is 161 cm³/mol. The van der Waals surface area contributed by atoms with Crippen LogP contribution in [0.1, 0.15) is 72.5 Å². The lowest BCUT2D eigenvalue weighted by Gasteiger charge is -2.21. The lowest BCUT2D eigenvalue weighted by atomic mass is 9.96. The summed E-state index contributed by atoms with van der Waals surface area (Å²) in [6.07, 6.45) is 12.1. The van der Waals surface area contributed by atoms with E-state index in [0.717, 1.165) is 29.5 Å². The van der Waals surface area contributed by atoms with Crippen LogP contribution in [0.15, 0.2) is 85.6 Å². The smallest absolute Gasteiger partial charge is 0.314 e. The maximum absolute atomic E-state index is 13.1. The molecule has 9 heteroatoms. The quantitative estimate of drug-likeness (QED) is 0.139. The summed E-state index contributed by atoms with van der Waals surface area (Å²) in [5.41, 5.74) is 4.04. The lowest BCUT2D eigenvalue weighted by molar-refractivity contribution is -0.148. The summed E-state index contributed by atoms with van der Waals surface area (Å²) in [5.74, 6) is -0.607. The highest BCUT2D eigenvalue weighted by molar-refractivity contribution is 6.09. The van der Waals surface area contributed by atoms with Gasteiger partial charge in [0.05, 0.1) is 36.3 Å². The molecule has 3 heterocycles. The van der Waals surface area contributed by atoms with Crippen LogP contribution in [0.4, 0.5) is 0 Å². The Labute approximate surface area is 249 Å². The Morgan fingerprint density at radius 3 is 2.63 bits per heavy atom. The van der Waals surface area contributed by atoms with Crippen molar-refractivity contribution < 1.29 is 14.3 Å². The molecule has 1 fully saturated rings. The second-order valence-electron chi connectivity index (χ2n) is 11.1. The van der Waals surface area contributed by atoms with Gasteiger partial charge in [0, 0.05) is 34.5 Å². The molecule has 1 unspecified atom stereocenters. The molecule has 43 heavy (non-hydrogen) atoms. The van der Waals surface area contributed by atoms with Gasteiger partial charge in [-0.2, -0.15) is 10.4 Å². The van der Waals surface area contributed by atoms with Gasteiger partial charge < -0.3 is 4.74 Å². The second kappa shape index (κ2) is 12.4. The summed E-state index contributed by atoms with van der Waals surface area (Å²) in [6.45, 7) is 1.75. The van der Waals surface area contributed by atoms with Crippen molar-refractivity contribution in [3.63, 3.8) is 0 Å². The average molecular weight is 573 g/mol. The molecular formula is C34H32N6O3. The van der Waals surface area contributed by atoms with E-state index in [1.165, 1.54) is 19.2 Å². The standard InChI is InChI=1S/C34H32N6O3/c1-23(26-12-7-13-27(18-26)32(41)25-10-3-2-4-11-25)34(42)43-22-39-17-15-29-31(36-21-37-33(29)39)28-19-38-40(20-28)30(14-16-35)24-8-5-6-9-24/h2-4,7,10-13,15,17-21,23-24,30H,5-6,8-9,14,22H2,1H3/t23?,30-/m1/s1. The largest absolute Gasteiger partial charge is 0.443 e. The Morgan fingerprint density at radius 2 is 1.84 bits per heavy atom. The fraction of sp³-hybridized carbons (Fsp3) is 0.294. The van der Waals surface area contributed by atoms with E-state index in [9.17, 15) is 14.9 Å². The molecule has 0 bridgehead atoms. The van der Waals surface area contributed by atoms with Crippen molar-refractivity contribution in [1.29, 1.82) is 5.26 Å². The van der Waals surface area contributed by atoms with Crippen molar-refractivity contribution >= 4 is 22.8 Å². The summed E-state index contributed by atoms with van der Waals surface area (Å²) in [6, 6.07) is 20.5. The molecule has 0 aliphatic heterocycles. The minimum absolute atomic E-state index is 0.0169. The Balaban J connectivity index is 1.16. The van der Waals surface area contributed by atoms with E-state index in [-0.39, 0.29) is 18.6 Å². The van der Waals surface area contributed by atoms with Gasteiger partial charge in [0.2, 0.25) is 0 Å². The molecule has 3 aromatic heterocycles. The van der Waals surface area contributed by atoms with Gasteiger partial charge >= 0.3 is 5.97 Å².